The smallest absolute Gasteiger partial charge is 0.0944 e. The van der Waals surface area contributed by atoms with Crippen molar-refractivity contribution in [3.05, 3.63) is 0 Å². The van der Waals surface area contributed by atoms with Gasteiger partial charge in [0.2, 0.25) is 0 Å². The first-order valence-electron chi connectivity index (χ1n) is 4.31. The average Bonchev–Trinajstić information content (AvgIpc) is 2.20. The molecule has 5 nitrogen and oxygen atoms in total. The highest BCUT2D eigenvalue weighted by Gasteiger charge is 2.29. The largest absolute Gasteiger partial charge is 0.396 e. The molecule has 13 heavy (non-hydrogen) atoms. The fourth-order valence-corrected chi connectivity index (χ4v) is 0.596. The van der Waals surface area contributed by atoms with Crippen LogP contribution in [0.3, 0.4) is 0 Å². The van der Waals surface area contributed by atoms with Gasteiger partial charge in [-0.3, -0.25) is 0 Å². The van der Waals surface area contributed by atoms with Crippen molar-refractivity contribution in [1.82, 2.24) is 0 Å². The van der Waals surface area contributed by atoms with Gasteiger partial charge in [-0.15, -0.1) is 0 Å². The molecule has 0 amide bonds. The van der Waals surface area contributed by atoms with Gasteiger partial charge in [0.15, 0.2) is 0 Å². The Morgan fingerprint density at radius 1 is 1.00 bits per heavy atom. The van der Waals surface area contributed by atoms with Crippen LogP contribution in [-0.4, -0.2) is 48.4 Å². The summed E-state index contributed by atoms with van der Waals surface area (Å²) in [6.07, 6.45) is 0.824. The zero-order valence-electron chi connectivity index (χ0n) is 7.90. The maximum atomic E-state index is 8.88. The van der Waals surface area contributed by atoms with Crippen LogP contribution in [0, 0.1) is 5.41 Å². The minimum absolute atomic E-state index is 0.0174. The van der Waals surface area contributed by atoms with Crippen LogP contribution in [0.15, 0.2) is 0 Å². The summed E-state index contributed by atoms with van der Waals surface area (Å²) >= 11 is 0. The second-order valence-electron chi connectivity index (χ2n) is 3.06. The van der Waals surface area contributed by atoms with Crippen LogP contribution in [0.25, 0.3) is 0 Å². The topological polar surface area (TPSA) is 79.2 Å². The normalized spacial score (nSPS) is 12.0. The van der Waals surface area contributed by atoms with Crippen LogP contribution in [0.2, 0.25) is 0 Å². The van der Waals surface area contributed by atoms with Crippen LogP contribution >= 0.6 is 0 Å². The second kappa shape index (κ2) is 7.23. The molecule has 0 aromatic rings. The minimum Gasteiger partial charge on any atom is -0.396 e. The summed E-state index contributed by atoms with van der Waals surface area (Å²) in [7, 11) is 0. The van der Waals surface area contributed by atoms with Crippen LogP contribution in [0.5, 0.6) is 0 Å². The summed E-state index contributed by atoms with van der Waals surface area (Å²) in [6.45, 7) is 1.36. The van der Waals surface area contributed by atoms with Gasteiger partial charge in [-0.25, -0.2) is 9.78 Å². The molecule has 0 unspecified atom stereocenters. The molecule has 0 aromatic carbocycles. The summed E-state index contributed by atoms with van der Waals surface area (Å²) in [5.74, 6) is 0. The van der Waals surface area contributed by atoms with E-state index in [2.05, 4.69) is 0 Å². The van der Waals surface area contributed by atoms with Gasteiger partial charge in [0.1, 0.15) is 0 Å². The zero-order chi connectivity index (χ0) is 10.2. The molecule has 0 radical (unpaired) electrons. The van der Waals surface area contributed by atoms with Crippen molar-refractivity contribution in [3.8, 4) is 0 Å². The molecule has 0 aliphatic heterocycles. The number of aliphatic hydroxyl groups is 3. The molecule has 0 aliphatic carbocycles. The molecule has 0 aromatic heterocycles. The number of rotatable bonds is 8. The lowest BCUT2D eigenvalue weighted by Gasteiger charge is -2.25. The molecule has 0 heterocycles. The Morgan fingerprint density at radius 3 is 1.92 bits per heavy atom. The Labute approximate surface area is 77.8 Å². The highest BCUT2D eigenvalue weighted by molar-refractivity contribution is 4.75. The minimum atomic E-state index is -1.01. The first kappa shape index (κ1) is 12.8. The molecule has 0 aliphatic rings. The van der Waals surface area contributed by atoms with Gasteiger partial charge in [0.05, 0.1) is 38.4 Å². The van der Waals surface area contributed by atoms with Gasteiger partial charge < -0.3 is 15.3 Å². The van der Waals surface area contributed by atoms with Crippen molar-refractivity contribution in [2.45, 2.75) is 13.3 Å². The van der Waals surface area contributed by atoms with Crippen molar-refractivity contribution < 1.29 is 25.1 Å². The molecule has 0 bridgehead atoms. The van der Waals surface area contributed by atoms with Gasteiger partial charge >= 0.3 is 0 Å². The molecule has 80 valence electrons. The molecular formula is C8H18O5. The fraction of sp³-hybridized carbons (Fsp3) is 1.00. The summed E-state index contributed by atoms with van der Waals surface area (Å²) in [5.41, 5.74) is -1.01. The molecule has 0 saturated heterocycles. The summed E-state index contributed by atoms with van der Waals surface area (Å²) in [6, 6.07) is 0. The molecule has 3 N–H and O–H groups in total. The molecule has 0 atom stereocenters. The number of hydrogen-bond donors (Lipinski definition) is 3. The van der Waals surface area contributed by atoms with E-state index in [9.17, 15) is 0 Å². The Bertz CT molecular complexity index is 105. The van der Waals surface area contributed by atoms with E-state index in [4.69, 9.17) is 25.1 Å². The van der Waals surface area contributed by atoms with Gasteiger partial charge in [-0.05, 0) is 6.42 Å². The van der Waals surface area contributed by atoms with E-state index in [-0.39, 0.29) is 26.4 Å². The summed E-state index contributed by atoms with van der Waals surface area (Å²) in [4.78, 5) is 9.44. The predicted molar refractivity (Wildman–Crippen MR) is 45.9 cm³/mol. The van der Waals surface area contributed by atoms with Crippen molar-refractivity contribution in [2.24, 2.45) is 5.41 Å². The molecule has 0 fully saturated rings. The van der Waals surface area contributed by atoms with E-state index < -0.39 is 5.41 Å². The highest BCUT2D eigenvalue weighted by Crippen LogP contribution is 2.14. The van der Waals surface area contributed by atoms with Crippen molar-refractivity contribution in [1.29, 1.82) is 0 Å². The Balaban J connectivity index is 3.68. The third-order valence-electron chi connectivity index (χ3n) is 1.74. The van der Waals surface area contributed by atoms with Crippen molar-refractivity contribution in [2.75, 3.05) is 33.0 Å². The van der Waals surface area contributed by atoms with Crippen molar-refractivity contribution in [3.63, 3.8) is 0 Å². The van der Waals surface area contributed by atoms with E-state index >= 15 is 0 Å². The van der Waals surface area contributed by atoms with E-state index in [1.165, 1.54) is 0 Å². The molecule has 5 heteroatoms. The van der Waals surface area contributed by atoms with Crippen LogP contribution in [0.4, 0.5) is 0 Å². The molecule has 0 spiro atoms. The second-order valence-corrected chi connectivity index (χ2v) is 3.06. The standard InChI is InChI=1S/C8H18O5/c1-2-3-12-13-7-8(4-9,5-10)6-11/h9-11H,2-7H2,1H3. The van der Waals surface area contributed by atoms with Gasteiger partial charge in [-0.1, -0.05) is 6.92 Å². The molecule has 0 rings (SSSR count). The highest BCUT2D eigenvalue weighted by atomic mass is 17.2. The Kier molecular flexibility index (Phi) is 7.12. The number of hydrogen-bond acceptors (Lipinski definition) is 5. The van der Waals surface area contributed by atoms with E-state index in [0.717, 1.165) is 6.42 Å². The van der Waals surface area contributed by atoms with E-state index in [1.54, 1.807) is 0 Å². The van der Waals surface area contributed by atoms with Gasteiger partial charge in [0.25, 0.3) is 0 Å². The third-order valence-corrected chi connectivity index (χ3v) is 1.74. The third kappa shape index (κ3) is 4.54. The molecule has 0 saturated carbocycles. The first-order valence-corrected chi connectivity index (χ1v) is 4.31. The zero-order valence-corrected chi connectivity index (χ0v) is 7.90. The maximum Gasteiger partial charge on any atom is 0.0944 e. The summed E-state index contributed by atoms with van der Waals surface area (Å²) in [5, 5.41) is 26.6. The first-order chi connectivity index (χ1) is 6.24. The van der Waals surface area contributed by atoms with Crippen LogP contribution in [0.1, 0.15) is 13.3 Å². The van der Waals surface area contributed by atoms with Crippen molar-refractivity contribution >= 4 is 0 Å². The maximum absolute atomic E-state index is 8.88. The van der Waals surface area contributed by atoms with Crippen LogP contribution in [-0.2, 0) is 9.78 Å². The van der Waals surface area contributed by atoms with Gasteiger partial charge in [0, 0.05) is 0 Å². The summed E-state index contributed by atoms with van der Waals surface area (Å²) < 4.78 is 0. The Hall–Kier alpha value is -0.200. The SMILES string of the molecule is CCCOOCC(CO)(CO)CO. The molecular weight excluding hydrogens is 176 g/mol. The van der Waals surface area contributed by atoms with E-state index in [1.807, 2.05) is 6.92 Å². The predicted octanol–water partition coefficient (Wildman–Crippen LogP) is -0.692. The van der Waals surface area contributed by atoms with E-state index in [0.29, 0.717) is 6.61 Å². The van der Waals surface area contributed by atoms with Gasteiger partial charge in [-0.2, -0.15) is 0 Å². The lowest BCUT2D eigenvalue weighted by Crippen LogP contribution is -2.38. The lowest BCUT2D eigenvalue weighted by molar-refractivity contribution is -0.316. The Morgan fingerprint density at radius 2 is 1.54 bits per heavy atom. The lowest BCUT2D eigenvalue weighted by atomic mass is 9.93. The fourth-order valence-electron chi connectivity index (χ4n) is 0.596. The number of aliphatic hydroxyl groups excluding tert-OH is 3. The average molecular weight is 194 g/mol. The van der Waals surface area contributed by atoms with Crippen LogP contribution < -0.4 is 0 Å². The quantitative estimate of drug-likeness (QED) is 0.271. The monoisotopic (exact) mass is 194 g/mol.